The zero-order valence-electron chi connectivity index (χ0n) is 13.2. The third-order valence-corrected chi connectivity index (χ3v) is 7.03. The predicted molar refractivity (Wildman–Crippen MR) is 97.8 cm³/mol. The predicted octanol–water partition coefficient (Wildman–Crippen LogP) is 4.01. The molecule has 1 saturated carbocycles. The first-order valence-electron chi connectivity index (χ1n) is 8.00. The summed E-state index contributed by atoms with van der Waals surface area (Å²) in [5.41, 5.74) is 1.07. The van der Waals surface area contributed by atoms with Crippen LogP contribution in [0.1, 0.15) is 47.9 Å². The monoisotopic (exact) mass is 370 g/mol. The third-order valence-electron chi connectivity index (χ3n) is 4.13. The molecule has 1 fully saturated rings. The molecule has 4 nitrogen and oxygen atoms in total. The fraction of sp³-hybridized carbons (Fsp3) is 0.562. The van der Waals surface area contributed by atoms with Gasteiger partial charge in [0.25, 0.3) is 0 Å². The lowest BCUT2D eigenvalue weighted by atomic mass is 9.90. The van der Waals surface area contributed by atoms with Gasteiger partial charge < -0.3 is 0 Å². The highest BCUT2D eigenvalue weighted by Gasteiger charge is 2.19. The highest BCUT2D eigenvalue weighted by Crippen LogP contribution is 2.37. The summed E-state index contributed by atoms with van der Waals surface area (Å²) in [7, 11) is -3.10. The molecule has 2 heterocycles. The Morgan fingerprint density at radius 1 is 1.26 bits per heavy atom. The van der Waals surface area contributed by atoms with Crippen LogP contribution in [0.2, 0.25) is 0 Å². The number of hydrogen-bond acceptors (Lipinski definition) is 5. The number of thiazole rings is 1. The smallest absolute Gasteiger partial charge is 0.208 e. The van der Waals surface area contributed by atoms with Gasteiger partial charge in [-0.1, -0.05) is 19.3 Å². The first-order chi connectivity index (χ1) is 11.0. The van der Waals surface area contributed by atoms with E-state index >= 15 is 0 Å². The molecule has 1 aliphatic carbocycles. The minimum absolute atomic E-state index is 0.448. The second kappa shape index (κ2) is 7.42. The minimum atomic E-state index is -3.10. The lowest BCUT2D eigenvalue weighted by Crippen LogP contribution is -2.23. The van der Waals surface area contributed by atoms with E-state index in [0.29, 0.717) is 12.5 Å². The number of thiophene rings is 1. The molecular weight excluding hydrogens is 348 g/mol. The fourth-order valence-corrected chi connectivity index (χ4v) is 5.45. The average Bonchev–Trinajstić information content (AvgIpc) is 3.15. The van der Waals surface area contributed by atoms with Crippen molar-refractivity contribution in [2.24, 2.45) is 0 Å². The van der Waals surface area contributed by atoms with Crippen LogP contribution in [0.15, 0.2) is 17.5 Å². The molecule has 23 heavy (non-hydrogen) atoms. The maximum absolute atomic E-state index is 11.1. The van der Waals surface area contributed by atoms with Crippen molar-refractivity contribution in [3.63, 3.8) is 0 Å². The molecule has 126 valence electrons. The summed E-state index contributed by atoms with van der Waals surface area (Å²) in [4.78, 5) is 7.22. The summed E-state index contributed by atoms with van der Waals surface area (Å²) in [6.07, 6.45) is 8.49. The molecule has 2 aromatic rings. The van der Waals surface area contributed by atoms with Crippen LogP contribution < -0.4 is 4.72 Å². The van der Waals surface area contributed by atoms with Gasteiger partial charge in [0.2, 0.25) is 10.0 Å². The van der Waals surface area contributed by atoms with Crippen LogP contribution in [-0.2, 0) is 16.4 Å². The van der Waals surface area contributed by atoms with Crippen LogP contribution >= 0.6 is 22.7 Å². The van der Waals surface area contributed by atoms with E-state index in [1.807, 2.05) is 0 Å². The van der Waals surface area contributed by atoms with E-state index in [0.717, 1.165) is 12.1 Å². The van der Waals surface area contributed by atoms with Gasteiger partial charge >= 0.3 is 0 Å². The molecule has 0 unspecified atom stereocenters. The molecule has 0 radical (unpaired) electrons. The van der Waals surface area contributed by atoms with Gasteiger partial charge in [0, 0.05) is 22.7 Å². The van der Waals surface area contributed by atoms with Crippen LogP contribution in [0.25, 0.3) is 10.6 Å². The molecule has 0 aliphatic heterocycles. The second-order valence-corrected chi connectivity index (χ2v) is 9.98. The Balaban J connectivity index is 1.62. The van der Waals surface area contributed by atoms with Gasteiger partial charge in [-0.2, -0.15) is 0 Å². The van der Waals surface area contributed by atoms with E-state index in [-0.39, 0.29) is 0 Å². The van der Waals surface area contributed by atoms with Gasteiger partial charge in [0.1, 0.15) is 0 Å². The van der Waals surface area contributed by atoms with Gasteiger partial charge in [-0.25, -0.2) is 18.1 Å². The van der Waals surface area contributed by atoms with E-state index in [2.05, 4.69) is 22.2 Å². The molecule has 1 aliphatic rings. The van der Waals surface area contributed by atoms with Crippen LogP contribution in [0.4, 0.5) is 0 Å². The molecule has 1 N–H and O–H groups in total. The van der Waals surface area contributed by atoms with Crippen LogP contribution in [0.5, 0.6) is 0 Å². The van der Waals surface area contributed by atoms with Crippen LogP contribution in [0.3, 0.4) is 0 Å². The Labute approximate surface area is 146 Å². The molecular formula is C16H22N2O2S3. The molecule has 7 heteroatoms. The van der Waals surface area contributed by atoms with Crippen molar-refractivity contribution in [1.82, 2.24) is 9.71 Å². The van der Waals surface area contributed by atoms with Crippen molar-refractivity contribution in [1.29, 1.82) is 0 Å². The highest BCUT2D eigenvalue weighted by atomic mass is 32.2. The Kier molecular flexibility index (Phi) is 5.51. The van der Waals surface area contributed by atoms with E-state index < -0.39 is 10.0 Å². The standard InChI is InChI=1S/C16H22N2O2S3/c1-23(19,20)17-10-9-13-7-8-15(22-13)14-11-21-16(18-14)12-5-3-2-4-6-12/h7-8,11-12,17H,2-6,9-10H2,1H3. The summed E-state index contributed by atoms with van der Waals surface area (Å²) in [6, 6.07) is 4.17. The molecule has 0 saturated heterocycles. The SMILES string of the molecule is CS(=O)(=O)NCCc1ccc(-c2csc(C3CCCCC3)n2)s1. The third kappa shape index (κ3) is 4.86. The molecule has 0 atom stereocenters. The summed E-state index contributed by atoms with van der Waals surface area (Å²) >= 11 is 3.49. The lowest BCUT2D eigenvalue weighted by Gasteiger charge is -2.18. The molecule has 0 bridgehead atoms. The van der Waals surface area contributed by atoms with Crippen molar-refractivity contribution >= 4 is 32.7 Å². The van der Waals surface area contributed by atoms with E-state index in [9.17, 15) is 8.42 Å². The molecule has 2 aromatic heterocycles. The minimum Gasteiger partial charge on any atom is -0.240 e. The number of sulfonamides is 1. The Bertz CT molecular complexity index is 743. The van der Waals surface area contributed by atoms with Crippen LogP contribution in [-0.4, -0.2) is 26.2 Å². The number of rotatable bonds is 6. The van der Waals surface area contributed by atoms with Gasteiger partial charge in [-0.05, 0) is 31.4 Å². The van der Waals surface area contributed by atoms with Crippen molar-refractivity contribution in [2.45, 2.75) is 44.4 Å². The molecule has 0 aromatic carbocycles. The summed E-state index contributed by atoms with van der Waals surface area (Å²) < 4.78 is 24.7. The lowest BCUT2D eigenvalue weighted by molar-refractivity contribution is 0.442. The Morgan fingerprint density at radius 2 is 2.04 bits per heavy atom. The largest absolute Gasteiger partial charge is 0.240 e. The Hall–Kier alpha value is -0.760. The molecule has 0 spiro atoms. The van der Waals surface area contributed by atoms with E-state index in [4.69, 9.17) is 4.98 Å². The Morgan fingerprint density at radius 3 is 2.78 bits per heavy atom. The quantitative estimate of drug-likeness (QED) is 0.836. The summed E-state index contributed by atoms with van der Waals surface area (Å²) in [6.45, 7) is 0.448. The topological polar surface area (TPSA) is 59.1 Å². The normalized spacial score (nSPS) is 16.7. The fourth-order valence-electron chi connectivity index (χ4n) is 2.95. The van der Waals surface area contributed by atoms with Gasteiger partial charge in [0.15, 0.2) is 0 Å². The first kappa shape index (κ1) is 17.1. The zero-order chi connectivity index (χ0) is 16.3. The highest BCUT2D eigenvalue weighted by molar-refractivity contribution is 7.88. The maximum Gasteiger partial charge on any atom is 0.208 e. The van der Waals surface area contributed by atoms with E-state index in [1.165, 1.54) is 53.1 Å². The number of nitrogens with one attached hydrogen (secondary N) is 1. The molecule has 0 amide bonds. The summed E-state index contributed by atoms with van der Waals surface area (Å²) in [5.74, 6) is 0.654. The van der Waals surface area contributed by atoms with Crippen molar-refractivity contribution < 1.29 is 8.42 Å². The summed E-state index contributed by atoms with van der Waals surface area (Å²) in [5, 5.41) is 3.45. The van der Waals surface area contributed by atoms with Gasteiger partial charge in [0.05, 0.1) is 21.8 Å². The van der Waals surface area contributed by atoms with E-state index in [1.54, 1.807) is 22.7 Å². The number of nitrogens with zero attached hydrogens (tertiary/aromatic N) is 1. The first-order valence-corrected chi connectivity index (χ1v) is 11.6. The number of hydrogen-bond donors (Lipinski definition) is 1. The van der Waals surface area contributed by atoms with Crippen LogP contribution in [0, 0.1) is 0 Å². The molecule has 3 rings (SSSR count). The van der Waals surface area contributed by atoms with Gasteiger partial charge in [-0.3, -0.25) is 0 Å². The van der Waals surface area contributed by atoms with Crippen molar-refractivity contribution in [3.05, 3.63) is 27.4 Å². The number of aromatic nitrogens is 1. The van der Waals surface area contributed by atoms with Gasteiger partial charge in [-0.15, -0.1) is 22.7 Å². The second-order valence-electron chi connectivity index (χ2n) is 6.09. The average molecular weight is 371 g/mol. The van der Waals surface area contributed by atoms with Crippen molar-refractivity contribution in [3.8, 4) is 10.6 Å². The zero-order valence-corrected chi connectivity index (χ0v) is 15.7. The van der Waals surface area contributed by atoms with Crippen molar-refractivity contribution in [2.75, 3.05) is 12.8 Å². The maximum atomic E-state index is 11.1.